The number of carbonyl (C=O) groups is 1. The Hall–Kier alpha value is -1.94. The van der Waals surface area contributed by atoms with Crippen LogP contribution in [0.2, 0.25) is 0 Å². The molecule has 0 fully saturated rings. The predicted octanol–water partition coefficient (Wildman–Crippen LogP) is 1.65. The molecular weight excluding hydrogens is 204 g/mol. The van der Waals surface area contributed by atoms with Gasteiger partial charge in [0.15, 0.2) is 0 Å². The van der Waals surface area contributed by atoms with Crippen molar-refractivity contribution in [3.63, 3.8) is 0 Å². The Morgan fingerprint density at radius 1 is 1.38 bits per heavy atom. The summed E-state index contributed by atoms with van der Waals surface area (Å²) in [4.78, 5) is 15.4. The molecule has 0 amide bonds. The van der Waals surface area contributed by atoms with Crippen LogP contribution in [0.1, 0.15) is 22.9 Å². The van der Waals surface area contributed by atoms with Gasteiger partial charge in [0.2, 0.25) is 5.91 Å². The molecule has 1 aromatic heterocycles. The molecule has 0 bridgehead atoms. The lowest BCUT2D eigenvalue weighted by Gasteiger charge is -2.09. The van der Waals surface area contributed by atoms with Crippen molar-refractivity contribution in [1.29, 1.82) is 0 Å². The molecule has 16 heavy (non-hydrogen) atoms. The number of rotatable bonds is 3. The largest absolute Gasteiger partial charge is 0.388 e. The molecule has 0 aliphatic rings. The zero-order chi connectivity index (χ0) is 11.4. The number of nitrogens with zero attached hydrogens (tertiary/aromatic N) is 2. The van der Waals surface area contributed by atoms with Crippen molar-refractivity contribution in [2.75, 3.05) is 0 Å². The number of benzene rings is 1. The van der Waals surface area contributed by atoms with E-state index in [9.17, 15) is 9.90 Å². The normalized spacial score (nSPS) is 12.3. The van der Waals surface area contributed by atoms with Crippen LogP contribution in [0, 0.1) is 0 Å². The Bertz CT molecular complexity index is 451. The molecule has 2 aromatic rings. The van der Waals surface area contributed by atoms with E-state index in [1.54, 1.807) is 18.3 Å². The minimum Gasteiger partial charge on any atom is -0.388 e. The van der Waals surface area contributed by atoms with Gasteiger partial charge in [0, 0.05) is 12.4 Å². The van der Waals surface area contributed by atoms with Crippen molar-refractivity contribution in [3.05, 3.63) is 54.6 Å². The Morgan fingerprint density at radius 3 is 2.75 bits per heavy atom. The molecule has 0 saturated carbocycles. The maximum Gasteiger partial charge on any atom is 0.234 e. The van der Waals surface area contributed by atoms with Gasteiger partial charge in [-0.05, 0) is 5.56 Å². The van der Waals surface area contributed by atoms with Crippen LogP contribution in [-0.2, 0) is 0 Å². The molecule has 1 heterocycles. The Morgan fingerprint density at radius 2 is 2.12 bits per heavy atom. The maximum absolute atomic E-state index is 11.7. The highest BCUT2D eigenvalue weighted by Crippen LogP contribution is 2.16. The summed E-state index contributed by atoms with van der Waals surface area (Å²) in [6, 6.07) is 9.13. The van der Waals surface area contributed by atoms with Crippen molar-refractivity contribution in [1.82, 2.24) is 9.55 Å². The van der Waals surface area contributed by atoms with E-state index >= 15 is 0 Å². The van der Waals surface area contributed by atoms with Gasteiger partial charge in [-0.2, -0.15) is 0 Å². The van der Waals surface area contributed by atoms with Crippen LogP contribution in [0.15, 0.2) is 49.1 Å². The Kier molecular flexibility index (Phi) is 3.12. The van der Waals surface area contributed by atoms with Crippen LogP contribution in [0.5, 0.6) is 0 Å². The van der Waals surface area contributed by atoms with Crippen molar-refractivity contribution in [3.8, 4) is 0 Å². The summed E-state index contributed by atoms with van der Waals surface area (Å²) >= 11 is 0. The number of hydrogen-bond acceptors (Lipinski definition) is 3. The van der Waals surface area contributed by atoms with E-state index in [-0.39, 0.29) is 12.3 Å². The van der Waals surface area contributed by atoms with Crippen LogP contribution < -0.4 is 0 Å². The molecule has 2 rings (SSSR count). The molecule has 1 atom stereocenters. The van der Waals surface area contributed by atoms with Crippen LogP contribution in [-0.4, -0.2) is 20.6 Å². The van der Waals surface area contributed by atoms with Crippen LogP contribution in [0.4, 0.5) is 0 Å². The molecule has 4 nitrogen and oxygen atoms in total. The van der Waals surface area contributed by atoms with E-state index in [1.807, 2.05) is 18.2 Å². The molecule has 1 unspecified atom stereocenters. The predicted molar refractivity (Wildman–Crippen MR) is 58.9 cm³/mol. The average Bonchev–Trinajstić information content (AvgIpc) is 2.83. The summed E-state index contributed by atoms with van der Waals surface area (Å²) in [5, 5.41) is 9.84. The summed E-state index contributed by atoms with van der Waals surface area (Å²) in [6.07, 6.45) is 3.82. The van der Waals surface area contributed by atoms with Crippen molar-refractivity contribution in [2.24, 2.45) is 0 Å². The molecule has 0 saturated heterocycles. The minimum atomic E-state index is -0.768. The summed E-state index contributed by atoms with van der Waals surface area (Å²) in [5.74, 6) is -0.172. The summed E-state index contributed by atoms with van der Waals surface area (Å²) < 4.78 is 1.37. The molecule has 82 valence electrons. The number of aliphatic hydroxyl groups is 1. The van der Waals surface area contributed by atoms with Gasteiger partial charge in [0.05, 0.1) is 12.5 Å². The zero-order valence-corrected chi connectivity index (χ0v) is 8.65. The van der Waals surface area contributed by atoms with Gasteiger partial charge in [-0.3, -0.25) is 9.36 Å². The van der Waals surface area contributed by atoms with Gasteiger partial charge in [0.1, 0.15) is 6.33 Å². The van der Waals surface area contributed by atoms with E-state index in [0.717, 1.165) is 5.56 Å². The average molecular weight is 216 g/mol. The topological polar surface area (TPSA) is 55.1 Å². The number of aliphatic hydroxyl groups excluding tert-OH is 1. The van der Waals surface area contributed by atoms with Gasteiger partial charge in [-0.25, -0.2) is 4.98 Å². The Labute approximate surface area is 93.2 Å². The van der Waals surface area contributed by atoms with E-state index in [4.69, 9.17) is 0 Å². The lowest BCUT2D eigenvalue weighted by Crippen LogP contribution is -2.12. The van der Waals surface area contributed by atoms with E-state index < -0.39 is 6.10 Å². The molecule has 0 aliphatic carbocycles. The monoisotopic (exact) mass is 216 g/mol. The van der Waals surface area contributed by atoms with Crippen molar-refractivity contribution < 1.29 is 9.90 Å². The van der Waals surface area contributed by atoms with Crippen LogP contribution in [0.3, 0.4) is 0 Å². The smallest absolute Gasteiger partial charge is 0.234 e. The number of carbonyl (C=O) groups excluding carboxylic acids is 1. The third-order valence-electron chi connectivity index (χ3n) is 2.34. The fourth-order valence-electron chi connectivity index (χ4n) is 1.47. The van der Waals surface area contributed by atoms with E-state index in [0.29, 0.717) is 0 Å². The molecule has 0 spiro atoms. The standard InChI is InChI=1S/C12H12N2O2/c15-11(10-4-2-1-3-5-10)8-12(16)14-7-6-13-9-14/h1-7,9,11,15H,8H2. The van der Waals surface area contributed by atoms with Crippen molar-refractivity contribution >= 4 is 5.91 Å². The minimum absolute atomic E-state index is 0.0559. The second-order valence-electron chi connectivity index (χ2n) is 3.49. The highest BCUT2D eigenvalue weighted by Gasteiger charge is 2.13. The lowest BCUT2D eigenvalue weighted by atomic mass is 10.1. The van der Waals surface area contributed by atoms with Crippen LogP contribution in [0.25, 0.3) is 0 Å². The molecular formula is C12H12N2O2. The van der Waals surface area contributed by atoms with Gasteiger partial charge >= 0.3 is 0 Å². The molecule has 4 heteroatoms. The second kappa shape index (κ2) is 4.72. The first kappa shape index (κ1) is 10.6. The third-order valence-corrected chi connectivity index (χ3v) is 2.34. The molecule has 1 aromatic carbocycles. The third kappa shape index (κ3) is 2.35. The highest BCUT2D eigenvalue weighted by molar-refractivity contribution is 5.79. The first-order valence-corrected chi connectivity index (χ1v) is 5.01. The van der Waals surface area contributed by atoms with Gasteiger partial charge in [-0.15, -0.1) is 0 Å². The number of hydrogen-bond donors (Lipinski definition) is 1. The lowest BCUT2D eigenvalue weighted by molar-refractivity contribution is 0.0798. The molecule has 0 aliphatic heterocycles. The van der Waals surface area contributed by atoms with Crippen molar-refractivity contribution in [2.45, 2.75) is 12.5 Å². The fraction of sp³-hybridized carbons (Fsp3) is 0.167. The van der Waals surface area contributed by atoms with E-state index in [2.05, 4.69) is 4.98 Å². The number of aromatic nitrogens is 2. The van der Waals surface area contributed by atoms with Gasteiger partial charge < -0.3 is 5.11 Å². The SMILES string of the molecule is O=C(CC(O)c1ccccc1)n1ccnc1. The highest BCUT2D eigenvalue weighted by atomic mass is 16.3. The van der Waals surface area contributed by atoms with E-state index in [1.165, 1.54) is 17.1 Å². The summed E-state index contributed by atoms with van der Waals surface area (Å²) in [6.45, 7) is 0. The number of imidazole rings is 1. The summed E-state index contributed by atoms with van der Waals surface area (Å²) in [7, 11) is 0. The maximum atomic E-state index is 11.7. The Balaban J connectivity index is 2.03. The van der Waals surface area contributed by atoms with Crippen LogP contribution >= 0.6 is 0 Å². The van der Waals surface area contributed by atoms with Gasteiger partial charge in [-0.1, -0.05) is 30.3 Å². The summed E-state index contributed by atoms with van der Waals surface area (Å²) in [5.41, 5.74) is 0.746. The first-order valence-electron chi connectivity index (χ1n) is 5.01. The first-order chi connectivity index (χ1) is 7.77. The molecule has 1 N–H and O–H groups in total. The zero-order valence-electron chi connectivity index (χ0n) is 8.65. The fourth-order valence-corrected chi connectivity index (χ4v) is 1.47. The molecule has 0 radical (unpaired) electrons. The second-order valence-corrected chi connectivity index (χ2v) is 3.49. The quantitative estimate of drug-likeness (QED) is 0.848. The van der Waals surface area contributed by atoms with Gasteiger partial charge in [0.25, 0.3) is 0 Å².